The van der Waals surface area contributed by atoms with Crippen molar-refractivity contribution < 1.29 is 0 Å². The number of fused-ring (bicyclic) bond motifs is 1. The Morgan fingerprint density at radius 1 is 1.41 bits per heavy atom. The van der Waals surface area contributed by atoms with Crippen LogP contribution in [0.15, 0.2) is 18.3 Å². The SMILES string of the molecule is CCCCC1(C(C)(C)C)NCCn2cccc21. The van der Waals surface area contributed by atoms with Crippen molar-refractivity contribution in [1.29, 1.82) is 0 Å². The van der Waals surface area contributed by atoms with Crippen molar-refractivity contribution in [2.24, 2.45) is 5.41 Å². The van der Waals surface area contributed by atoms with Gasteiger partial charge in [0, 0.05) is 25.0 Å². The average molecular weight is 234 g/mol. The van der Waals surface area contributed by atoms with Crippen LogP contribution in [0.4, 0.5) is 0 Å². The third-order valence-corrected chi connectivity index (χ3v) is 4.23. The Balaban J connectivity index is 2.42. The highest BCUT2D eigenvalue weighted by Gasteiger charge is 2.45. The summed E-state index contributed by atoms with van der Waals surface area (Å²) in [4.78, 5) is 0. The molecule has 1 aliphatic rings. The fourth-order valence-corrected chi connectivity index (χ4v) is 3.16. The summed E-state index contributed by atoms with van der Waals surface area (Å²) in [5.41, 5.74) is 1.87. The number of nitrogens with zero attached hydrogens (tertiary/aromatic N) is 1. The normalized spacial score (nSPS) is 24.7. The number of rotatable bonds is 3. The van der Waals surface area contributed by atoms with Gasteiger partial charge in [-0.3, -0.25) is 0 Å². The van der Waals surface area contributed by atoms with Gasteiger partial charge in [0.1, 0.15) is 0 Å². The maximum absolute atomic E-state index is 3.83. The highest BCUT2D eigenvalue weighted by molar-refractivity contribution is 5.24. The summed E-state index contributed by atoms with van der Waals surface area (Å²) in [6.07, 6.45) is 6.01. The smallest absolute Gasteiger partial charge is 0.0638 e. The minimum absolute atomic E-state index is 0.144. The third-order valence-electron chi connectivity index (χ3n) is 4.23. The molecule has 0 aromatic carbocycles. The first-order valence-electron chi connectivity index (χ1n) is 6.92. The van der Waals surface area contributed by atoms with E-state index in [4.69, 9.17) is 0 Å². The molecule has 1 unspecified atom stereocenters. The van der Waals surface area contributed by atoms with E-state index in [9.17, 15) is 0 Å². The van der Waals surface area contributed by atoms with Crippen LogP contribution in [-0.4, -0.2) is 11.1 Å². The van der Waals surface area contributed by atoms with Crippen LogP contribution in [0.2, 0.25) is 0 Å². The summed E-state index contributed by atoms with van der Waals surface area (Å²) >= 11 is 0. The third kappa shape index (κ3) is 2.03. The van der Waals surface area contributed by atoms with Gasteiger partial charge in [0.2, 0.25) is 0 Å². The molecule has 0 bridgehead atoms. The Bertz CT molecular complexity index is 373. The van der Waals surface area contributed by atoms with E-state index in [-0.39, 0.29) is 11.0 Å². The second-order valence-electron chi connectivity index (χ2n) is 6.27. The van der Waals surface area contributed by atoms with E-state index in [1.165, 1.54) is 25.0 Å². The van der Waals surface area contributed by atoms with Gasteiger partial charge in [0.25, 0.3) is 0 Å². The van der Waals surface area contributed by atoms with Crippen molar-refractivity contribution in [3.8, 4) is 0 Å². The molecule has 0 aliphatic carbocycles. The van der Waals surface area contributed by atoms with E-state index in [1.807, 2.05) is 0 Å². The summed E-state index contributed by atoms with van der Waals surface area (Å²) in [6.45, 7) is 11.5. The molecule has 0 saturated carbocycles. The number of hydrogen-bond acceptors (Lipinski definition) is 1. The van der Waals surface area contributed by atoms with Crippen LogP contribution >= 0.6 is 0 Å². The molecule has 2 nitrogen and oxygen atoms in total. The first-order chi connectivity index (χ1) is 8.01. The Hall–Kier alpha value is -0.760. The summed E-state index contributed by atoms with van der Waals surface area (Å²) in [6, 6.07) is 4.49. The molecule has 17 heavy (non-hydrogen) atoms. The molecule has 1 N–H and O–H groups in total. The number of unbranched alkanes of at least 4 members (excludes halogenated alkanes) is 1. The molecule has 1 aromatic heterocycles. The second kappa shape index (κ2) is 4.49. The molecule has 2 heterocycles. The first kappa shape index (κ1) is 12.7. The fraction of sp³-hybridized carbons (Fsp3) is 0.733. The van der Waals surface area contributed by atoms with Crippen molar-refractivity contribution in [2.45, 2.75) is 59.0 Å². The zero-order valence-corrected chi connectivity index (χ0v) is 11.7. The van der Waals surface area contributed by atoms with Gasteiger partial charge in [-0.05, 0) is 24.0 Å². The summed E-state index contributed by atoms with van der Waals surface area (Å²) in [7, 11) is 0. The lowest BCUT2D eigenvalue weighted by Gasteiger charge is -2.49. The van der Waals surface area contributed by atoms with Gasteiger partial charge in [-0.25, -0.2) is 0 Å². The minimum atomic E-state index is 0.144. The van der Waals surface area contributed by atoms with Crippen LogP contribution in [0, 0.1) is 5.41 Å². The largest absolute Gasteiger partial charge is 0.348 e. The molecule has 0 saturated heterocycles. The van der Waals surface area contributed by atoms with E-state index in [1.54, 1.807) is 0 Å². The molecule has 1 aliphatic heterocycles. The van der Waals surface area contributed by atoms with Gasteiger partial charge in [0.05, 0.1) is 5.54 Å². The molecule has 1 aromatic rings. The van der Waals surface area contributed by atoms with Gasteiger partial charge in [-0.1, -0.05) is 40.5 Å². The summed E-state index contributed by atoms with van der Waals surface area (Å²) in [5, 5.41) is 3.83. The topological polar surface area (TPSA) is 17.0 Å². The molecule has 96 valence electrons. The Morgan fingerprint density at radius 2 is 2.18 bits per heavy atom. The number of hydrogen-bond donors (Lipinski definition) is 1. The van der Waals surface area contributed by atoms with Gasteiger partial charge < -0.3 is 9.88 Å². The van der Waals surface area contributed by atoms with Crippen LogP contribution in [0.25, 0.3) is 0 Å². The highest BCUT2D eigenvalue weighted by Crippen LogP contribution is 2.44. The van der Waals surface area contributed by atoms with Crippen molar-refractivity contribution in [3.05, 3.63) is 24.0 Å². The van der Waals surface area contributed by atoms with Crippen molar-refractivity contribution in [2.75, 3.05) is 6.54 Å². The summed E-state index contributed by atoms with van der Waals surface area (Å²) < 4.78 is 2.43. The highest BCUT2D eigenvalue weighted by atomic mass is 15.1. The molecule has 2 heteroatoms. The lowest BCUT2D eigenvalue weighted by Crippen LogP contribution is -2.56. The molecule has 0 fully saturated rings. The Labute approximate surface area is 105 Å². The minimum Gasteiger partial charge on any atom is -0.348 e. The number of aromatic nitrogens is 1. The molecule has 0 spiro atoms. The van der Waals surface area contributed by atoms with Crippen molar-refractivity contribution >= 4 is 0 Å². The Morgan fingerprint density at radius 3 is 2.82 bits per heavy atom. The quantitative estimate of drug-likeness (QED) is 0.846. The lowest BCUT2D eigenvalue weighted by atomic mass is 9.68. The van der Waals surface area contributed by atoms with Gasteiger partial charge in [0.15, 0.2) is 0 Å². The zero-order chi connectivity index (χ0) is 12.5. The maximum Gasteiger partial charge on any atom is 0.0638 e. The predicted molar refractivity (Wildman–Crippen MR) is 73.1 cm³/mol. The number of nitrogens with one attached hydrogen (secondary N) is 1. The monoisotopic (exact) mass is 234 g/mol. The van der Waals surface area contributed by atoms with Crippen LogP contribution in [0.3, 0.4) is 0 Å². The lowest BCUT2D eigenvalue weighted by molar-refractivity contribution is 0.0949. The molecule has 2 rings (SSSR count). The van der Waals surface area contributed by atoms with Gasteiger partial charge in [-0.2, -0.15) is 0 Å². The van der Waals surface area contributed by atoms with Crippen molar-refractivity contribution in [3.63, 3.8) is 0 Å². The van der Waals surface area contributed by atoms with E-state index in [0.29, 0.717) is 0 Å². The van der Waals surface area contributed by atoms with Gasteiger partial charge >= 0.3 is 0 Å². The molecular formula is C15H26N2. The fourth-order valence-electron chi connectivity index (χ4n) is 3.16. The second-order valence-corrected chi connectivity index (χ2v) is 6.27. The summed E-state index contributed by atoms with van der Waals surface area (Å²) in [5.74, 6) is 0. The average Bonchev–Trinajstić information content (AvgIpc) is 2.73. The van der Waals surface area contributed by atoms with E-state index < -0.39 is 0 Å². The van der Waals surface area contributed by atoms with E-state index >= 15 is 0 Å². The van der Waals surface area contributed by atoms with Crippen LogP contribution in [0.5, 0.6) is 0 Å². The van der Waals surface area contributed by atoms with Crippen LogP contribution < -0.4 is 5.32 Å². The van der Waals surface area contributed by atoms with E-state index in [0.717, 1.165) is 13.1 Å². The zero-order valence-electron chi connectivity index (χ0n) is 11.7. The van der Waals surface area contributed by atoms with Crippen LogP contribution in [-0.2, 0) is 12.1 Å². The van der Waals surface area contributed by atoms with Crippen LogP contribution in [0.1, 0.15) is 52.7 Å². The van der Waals surface area contributed by atoms with Gasteiger partial charge in [-0.15, -0.1) is 0 Å². The van der Waals surface area contributed by atoms with Crippen molar-refractivity contribution in [1.82, 2.24) is 9.88 Å². The molecular weight excluding hydrogens is 208 g/mol. The predicted octanol–water partition coefficient (Wildman–Crippen LogP) is 3.52. The molecule has 1 atom stereocenters. The first-order valence-corrected chi connectivity index (χ1v) is 6.92. The Kier molecular flexibility index (Phi) is 3.35. The standard InChI is InChI=1S/C15H26N2/c1-5-6-9-15(14(2,3)4)13-8-7-11-17(13)12-10-16-15/h7-8,11,16H,5-6,9-10,12H2,1-4H3. The van der Waals surface area contributed by atoms with E-state index in [2.05, 4.69) is 55.9 Å². The molecule has 0 amide bonds. The molecule has 0 radical (unpaired) electrons. The maximum atomic E-state index is 3.83.